The maximum absolute atomic E-state index is 12.0. The lowest BCUT2D eigenvalue weighted by molar-refractivity contribution is 0.102. The molecule has 0 unspecified atom stereocenters. The number of carbonyl (C=O) groups excluding carboxylic acids is 1. The highest BCUT2D eigenvalue weighted by Crippen LogP contribution is 2.23. The monoisotopic (exact) mass is 339 g/mol. The molecule has 2 N–H and O–H groups in total. The molecule has 0 atom stereocenters. The van der Waals surface area contributed by atoms with Crippen LogP contribution in [0.25, 0.3) is 0 Å². The van der Waals surface area contributed by atoms with Crippen molar-refractivity contribution in [1.29, 1.82) is 0 Å². The molecule has 0 spiro atoms. The van der Waals surface area contributed by atoms with Gasteiger partial charge in [-0.2, -0.15) is 0 Å². The summed E-state index contributed by atoms with van der Waals surface area (Å²) in [6, 6.07) is 12.3. The van der Waals surface area contributed by atoms with E-state index in [1.54, 1.807) is 30.5 Å². The van der Waals surface area contributed by atoms with Crippen LogP contribution in [0.4, 0.5) is 17.3 Å². The van der Waals surface area contributed by atoms with Crippen LogP contribution in [0.2, 0.25) is 5.02 Å². The zero-order valence-electron chi connectivity index (χ0n) is 12.8. The van der Waals surface area contributed by atoms with Crippen LogP contribution in [0.1, 0.15) is 15.9 Å². The van der Waals surface area contributed by atoms with Crippen molar-refractivity contribution in [3.63, 3.8) is 0 Å². The molecule has 6 nitrogen and oxygen atoms in total. The van der Waals surface area contributed by atoms with Gasteiger partial charge in [0.05, 0.1) is 5.56 Å². The van der Waals surface area contributed by atoms with Gasteiger partial charge in [0, 0.05) is 23.1 Å². The van der Waals surface area contributed by atoms with Gasteiger partial charge in [-0.05, 0) is 48.9 Å². The fourth-order valence-electron chi connectivity index (χ4n) is 2.02. The fraction of sp³-hybridized carbons (Fsp3) is 0.0588. The van der Waals surface area contributed by atoms with Gasteiger partial charge in [-0.15, -0.1) is 10.2 Å². The predicted octanol–water partition coefficient (Wildman–Crippen LogP) is 3.83. The van der Waals surface area contributed by atoms with E-state index in [0.29, 0.717) is 22.2 Å². The second-order valence-electron chi connectivity index (χ2n) is 5.08. The van der Waals surface area contributed by atoms with Gasteiger partial charge >= 0.3 is 0 Å². The van der Waals surface area contributed by atoms with Gasteiger partial charge in [-0.3, -0.25) is 9.78 Å². The number of rotatable bonds is 4. The van der Waals surface area contributed by atoms with E-state index in [1.807, 2.05) is 25.1 Å². The summed E-state index contributed by atoms with van der Waals surface area (Å²) in [7, 11) is 0. The van der Waals surface area contributed by atoms with Crippen molar-refractivity contribution >= 4 is 34.8 Å². The van der Waals surface area contributed by atoms with E-state index in [1.165, 1.54) is 6.20 Å². The number of nitrogens with one attached hydrogen (secondary N) is 2. The topological polar surface area (TPSA) is 79.8 Å². The van der Waals surface area contributed by atoms with Gasteiger partial charge < -0.3 is 10.6 Å². The highest BCUT2D eigenvalue weighted by Gasteiger charge is 2.07. The van der Waals surface area contributed by atoms with E-state index >= 15 is 0 Å². The summed E-state index contributed by atoms with van der Waals surface area (Å²) >= 11 is 6.00. The number of nitrogens with zero attached hydrogens (tertiary/aromatic N) is 3. The van der Waals surface area contributed by atoms with Crippen LogP contribution >= 0.6 is 11.6 Å². The smallest absolute Gasteiger partial charge is 0.258 e. The van der Waals surface area contributed by atoms with Gasteiger partial charge in [-0.1, -0.05) is 17.7 Å². The first-order chi connectivity index (χ1) is 11.6. The Kier molecular flexibility index (Phi) is 4.67. The number of amides is 1. The van der Waals surface area contributed by atoms with Crippen molar-refractivity contribution in [2.24, 2.45) is 0 Å². The number of halogens is 1. The molecule has 0 radical (unpaired) electrons. The molecular formula is C17H14ClN5O. The van der Waals surface area contributed by atoms with E-state index < -0.39 is 0 Å². The molecule has 0 saturated heterocycles. The lowest BCUT2D eigenvalue weighted by Crippen LogP contribution is -2.13. The third-order valence-corrected chi connectivity index (χ3v) is 3.53. The normalized spacial score (nSPS) is 10.2. The van der Waals surface area contributed by atoms with Crippen LogP contribution in [0.15, 0.2) is 54.9 Å². The summed E-state index contributed by atoms with van der Waals surface area (Å²) in [4.78, 5) is 15.9. The average Bonchev–Trinajstić information content (AvgIpc) is 2.60. The fourth-order valence-corrected chi connectivity index (χ4v) is 2.19. The quantitative estimate of drug-likeness (QED) is 0.755. The zero-order valence-corrected chi connectivity index (χ0v) is 13.6. The first kappa shape index (κ1) is 15.9. The van der Waals surface area contributed by atoms with Crippen LogP contribution in [-0.2, 0) is 0 Å². The van der Waals surface area contributed by atoms with Crippen molar-refractivity contribution in [2.45, 2.75) is 6.92 Å². The zero-order chi connectivity index (χ0) is 16.9. The molecule has 2 aromatic heterocycles. The van der Waals surface area contributed by atoms with Gasteiger partial charge in [0.25, 0.3) is 5.91 Å². The Balaban J connectivity index is 1.69. The molecule has 0 aliphatic rings. The standard InChI is InChI=1S/C17H14ClN5O/c1-11-4-5-13(18)9-14(11)20-15-6-7-16(23-22-15)21-17(24)12-3-2-8-19-10-12/h2-10H,1H3,(H,20,22)(H,21,23,24). The minimum absolute atomic E-state index is 0.288. The largest absolute Gasteiger partial charge is 0.338 e. The molecule has 1 amide bonds. The average molecular weight is 340 g/mol. The molecule has 0 aliphatic carbocycles. The van der Waals surface area contributed by atoms with Gasteiger partial charge in [0.15, 0.2) is 11.6 Å². The summed E-state index contributed by atoms with van der Waals surface area (Å²) in [5, 5.41) is 14.5. The SMILES string of the molecule is Cc1ccc(Cl)cc1Nc1ccc(NC(=O)c2cccnc2)nn1. The number of pyridine rings is 1. The summed E-state index contributed by atoms with van der Waals surface area (Å²) < 4.78 is 0. The Hall–Kier alpha value is -2.99. The number of benzene rings is 1. The van der Waals surface area contributed by atoms with Gasteiger partial charge in [-0.25, -0.2) is 0 Å². The molecule has 3 aromatic rings. The van der Waals surface area contributed by atoms with Crippen molar-refractivity contribution in [2.75, 3.05) is 10.6 Å². The summed E-state index contributed by atoms with van der Waals surface area (Å²) in [5.74, 6) is 0.626. The summed E-state index contributed by atoms with van der Waals surface area (Å²) in [6.07, 6.45) is 3.09. The van der Waals surface area contributed by atoms with Crippen LogP contribution in [0.5, 0.6) is 0 Å². The molecular weight excluding hydrogens is 326 g/mol. The van der Waals surface area contributed by atoms with E-state index in [9.17, 15) is 4.79 Å². The lowest BCUT2D eigenvalue weighted by Gasteiger charge is -2.09. The maximum Gasteiger partial charge on any atom is 0.258 e. The van der Waals surface area contributed by atoms with E-state index in [-0.39, 0.29) is 5.91 Å². The van der Waals surface area contributed by atoms with Crippen molar-refractivity contribution in [3.8, 4) is 0 Å². The number of aromatic nitrogens is 3. The first-order valence-electron chi connectivity index (χ1n) is 7.20. The highest BCUT2D eigenvalue weighted by atomic mass is 35.5. The highest BCUT2D eigenvalue weighted by molar-refractivity contribution is 6.30. The predicted molar refractivity (Wildman–Crippen MR) is 93.7 cm³/mol. The Labute approximate surface area is 143 Å². The number of hydrogen-bond donors (Lipinski definition) is 2. The number of carbonyl (C=O) groups is 1. The molecule has 0 bridgehead atoms. The van der Waals surface area contributed by atoms with E-state index in [2.05, 4.69) is 25.8 Å². The molecule has 0 saturated carbocycles. The van der Waals surface area contributed by atoms with Gasteiger partial charge in [0.2, 0.25) is 0 Å². The molecule has 1 aromatic carbocycles. The second-order valence-corrected chi connectivity index (χ2v) is 5.52. The van der Waals surface area contributed by atoms with Crippen molar-refractivity contribution < 1.29 is 4.79 Å². The number of hydrogen-bond acceptors (Lipinski definition) is 5. The molecule has 3 rings (SSSR count). The minimum atomic E-state index is -0.288. The Morgan fingerprint density at radius 2 is 1.88 bits per heavy atom. The molecule has 2 heterocycles. The van der Waals surface area contributed by atoms with Crippen molar-refractivity contribution in [1.82, 2.24) is 15.2 Å². The second kappa shape index (κ2) is 7.06. The van der Waals surface area contributed by atoms with Crippen molar-refractivity contribution in [3.05, 3.63) is 71.0 Å². The maximum atomic E-state index is 12.0. The third-order valence-electron chi connectivity index (χ3n) is 3.29. The molecule has 24 heavy (non-hydrogen) atoms. The molecule has 120 valence electrons. The van der Waals surface area contributed by atoms with E-state index in [4.69, 9.17) is 11.6 Å². The summed E-state index contributed by atoms with van der Waals surface area (Å²) in [5.41, 5.74) is 2.34. The Bertz CT molecular complexity index is 853. The third kappa shape index (κ3) is 3.85. The van der Waals surface area contributed by atoms with E-state index in [0.717, 1.165) is 11.3 Å². The molecule has 7 heteroatoms. The first-order valence-corrected chi connectivity index (χ1v) is 7.58. The van der Waals surface area contributed by atoms with Crippen LogP contribution in [0, 0.1) is 6.92 Å². The summed E-state index contributed by atoms with van der Waals surface area (Å²) in [6.45, 7) is 1.97. The molecule has 0 aliphatic heterocycles. The minimum Gasteiger partial charge on any atom is -0.338 e. The van der Waals surface area contributed by atoms with Crippen LogP contribution in [-0.4, -0.2) is 21.1 Å². The van der Waals surface area contributed by atoms with Crippen LogP contribution < -0.4 is 10.6 Å². The van der Waals surface area contributed by atoms with Crippen LogP contribution in [0.3, 0.4) is 0 Å². The number of anilines is 3. The molecule has 0 fully saturated rings. The Morgan fingerprint density at radius 1 is 1.08 bits per heavy atom. The Morgan fingerprint density at radius 3 is 2.58 bits per heavy atom. The van der Waals surface area contributed by atoms with Gasteiger partial charge in [0.1, 0.15) is 0 Å². The number of aryl methyl sites for hydroxylation is 1. The lowest BCUT2D eigenvalue weighted by atomic mass is 10.2.